The van der Waals surface area contributed by atoms with Crippen molar-refractivity contribution in [3.8, 4) is 40.0 Å². The van der Waals surface area contributed by atoms with Crippen LogP contribution < -0.4 is 34.9 Å². The molecular weight excluding hydrogens is 414 g/mol. The number of benzene rings is 2. The molecule has 0 aliphatic rings. The quantitative estimate of drug-likeness (QED) is 0.560. The van der Waals surface area contributed by atoms with E-state index >= 15 is 0 Å². The van der Waals surface area contributed by atoms with Gasteiger partial charge < -0.3 is 23.7 Å². The van der Waals surface area contributed by atoms with Crippen LogP contribution in [-0.2, 0) is 14.1 Å². The van der Waals surface area contributed by atoms with Crippen molar-refractivity contribution < 1.29 is 23.7 Å². The van der Waals surface area contributed by atoms with E-state index in [-0.39, 0.29) is 5.69 Å². The third-order valence-corrected chi connectivity index (χ3v) is 5.12. The summed E-state index contributed by atoms with van der Waals surface area (Å²) in [7, 11) is 11.1. The molecule has 0 saturated heterocycles. The van der Waals surface area contributed by atoms with Crippen LogP contribution in [0.2, 0.25) is 0 Å². The second-order valence-electron chi connectivity index (χ2n) is 6.85. The Kier molecular flexibility index (Phi) is 6.77. The Balaban J connectivity index is 2.25. The third kappa shape index (κ3) is 4.14. The summed E-state index contributed by atoms with van der Waals surface area (Å²) in [6.45, 7) is 0. The average Bonchev–Trinajstić information content (AvgIpc) is 2.83. The van der Waals surface area contributed by atoms with E-state index in [2.05, 4.69) is 4.99 Å². The highest BCUT2D eigenvalue weighted by atomic mass is 16.5. The maximum absolute atomic E-state index is 12.9. The summed E-state index contributed by atoms with van der Waals surface area (Å²) in [4.78, 5) is 17.6. The van der Waals surface area contributed by atoms with Gasteiger partial charge in [-0.25, -0.2) is 9.79 Å². The lowest BCUT2D eigenvalue weighted by molar-refractivity contribution is 0.324. The number of nitrogens with zero attached hydrogens (tertiary/aromatic N) is 3. The Morgan fingerprint density at radius 2 is 1.28 bits per heavy atom. The highest BCUT2D eigenvalue weighted by molar-refractivity contribution is 5.64. The number of aromatic nitrogens is 2. The standard InChI is InChI=1S/C23H27N3O6/c1-25-16(14-8-9-17(28-3)18(10-14)29-4)13-21(26(2)23(25)27)24-15-11-19(30-5)22(32-7)20(12-15)31-6/h8-13H,1-7H3/b24-21-. The topological polar surface area (TPSA) is 85.4 Å². The summed E-state index contributed by atoms with van der Waals surface area (Å²) in [6.07, 6.45) is 0. The monoisotopic (exact) mass is 441 g/mol. The first-order chi connectivity index (χ1) is 15.4. The normalized spacial score (nSPS) is 11.3. The fraction of sp³-hybridized carbons (Fsp3) is 0.304. The molecular formula is C23H27N3O6. The molecule has 9 nitrogen and oxygen atoms in total. The SMILES string of the molecule is COc1ccc(-c2c/c(=N/c3cc(OC)c(OC)c(OC)c3)n(C)c(=O)n2C)cc1OC. The predicted molar refractivity (Wildman–Crippen MR) is 121 cm³/mol. The molecule has 0 N–H and O–H groups in total. The Hall–Kier alpha value is -3.88. The van der Waals surface area contributed by atoms with E-state index in [0.717, 1.165) is 5.56 Å². The molecule has 0 aliphatic carbocycles. The van der Waals surface area contributed by atoms with Crippen molar-refractivity contribution in [1.29, 1.82) is 0 Å². The molecule has 0 radical (unpaired) electrons. The zero-order chi connectivity index (χ0) is 23.4. The highest BCUT2D eigenvalue weighted by Crippen LogP contribution is 2.40. The number of rotatable bonds is 7. The van der Waals surface area contributed by atoms with Crippen molar-refractivity contribution >= 4 is 5.69 Å². The molecule has 9 heteroatoms. The summed E-state index contributed by atoms with van der Waals surface area (Å²) < 4.78 is 29.9. The molecule has 170 valence electrons. The number of hydrogen-bond acceptors (Lipinski definition) is 7. The molecule has 3 aromatic rings. The van der Waals surface area contributed by atoms with Crippen LogP contribution in [0.15, 0.2) is 46.2 Å². The van der Waals surface area contributed by atoms with Crippen molar-refractivity contribution in [1.82, 2.24) is 9.13 Å². The molecule has 2 aromatic carbocycles. The van der Waals surface area contributed by atoms with Gasteiger partial charge in [0.15, 0.2) is 23.0 Å². The van der Waals surface area contributed by atoms with Crippen molar-refractivity contribution in [2.45, 2.75) is 0 Å². The van der Waals surface area contributed by atoms with Crippen molar-refractivity contribution in [3.63, 3.8) is 0 Å². The lowest BCUT2D eigenvalue weighted by Crippen LogP contribution is -2.37. The largest absolute Gasteiger partial charge is 0.493 e. The van der Waals surface area contributed by atoms with Crippen LogP contribution in [0.25, 0.3) is 11.3 Å². The molecule has 0 spiro atoms. The van der Waals surface area contributed by atoms with E-state index in [4.69, 9.17) is 23.7 Å². The maximum atomic E-state index is 12.9. The Bertz CT molecular complexity index is 1230. The van der Waals surface area contributed by atoms with Crippen LogP contribution in [0.5, 0.6) is 28.7 Å². The molecule has 3 rings (SSSR count). The van der Waals surface area contributed by atoms with E-state index in [0.29, 0.717) is 45.6 Å². The third-order valence-electron chi connectivity index (χ3n) is 5.12. The fourth-order valence-electron chi connectivity index (χ4n) is 3.39. The van der Waals surface area contributed by atoms with E-state index < -0.39 is 0 Å². The molecule has 1 heterocycles. The lowest BCUT2D eigenvalue weighted by atomic mass is 10.1. The number of hydrogen-bond donors (Lipinski definition) is 0. The van der Waals surface area contributed by atoms with Crippen LogP contribution in [0, 0.1) is 0 Å². The van der Waals surface area contributed by atoms with Crippen LogP contribution >= 0.6 is 0 Å². The van der Waals surface area contributed by atoms with Crippen LogP contribution in [0.4, 0.5) is 5.69 Å². The van der Waals surface area contributed by atoms with Gasteiger partial charge in [0.25, 0.3) is 0 Å². The minimum atomic E-state index is -0.233. The molecule has 0 fully saturated rings. The molecule has 0 aliphatic heterocycles. The lowest BCUT2D eigenvalue weighted by Gasteiger charge is -2.14. The van der Waals surface area contributed by atoms with Gasteiger partial charge in [-0.2, -0.15) is 0 Å². The molecule has 1 aromatic heterocycles. The van der Waals surface area contributed by atoms with Crippen LogP contribution in [0.3, 0.4) is 0 Å². The first-order valence-electron chi connectivity index (χ1n) is 9.72. The van der Waals surface area contributed by atoms with Gasteiger partial charge in [-0.05, 0) is 18.2 Å². The zero-order valence-corrected chi connectivity index (χ0v) is 19.3. The minimum Gasteiger partial charge on any atom is -0.493 e. The number of methoxy groups -OCH3 is 5. The van der Waals surface area contributed by atoms with Gasteiger partial charge in [-0.15, -0.1) is 0 Å². The van der Waals surface area contributed by atoms with E-state index in [1.54, 1.807) is 51.1 Å². The minimum absolute atomic E-state index is 0.233. The fourth-order valence-corrected chi connectivity index (χ4v) is 3.39. The van der Waals surface area contributed by atoms with E-state index in [1.807, 2.05) is 18.2 Å². The predicted octanol–water partition coefficient (Wildman–Crippen LogP) is 2.67. The summed E-state index contributed by atoms with van der Waals surface area (Å²) in [6, 6.07) is 10.7. The van der Waals surface area contributed by atoms with Gasteiger partial charge in [0.1, 0.15) is 5.49 Å². The molecule has 0 atom stereocenters. The van der Waals surface area contributed by atoms with Crippen molar-refractivity contribution in [2.24, 2.45) is 19.1 Å². The first-order valence-corrected chi connectivity index (χ1v) is 9.72. The summed E-state index contributed by atoms with van der Waals surface area (Å²) in [5.41, 5.74) is 2.21. The smallest absolute Gasteiger partial charge is 0.329 e. The van der Waals surface area contributed by atoms with Gasteiger partial charge in [0.05, 0.1) is 46.9 Å². The van der Waals surface area contributed by atoms with Crippen LogP contribution in [0.1, 0.15) is 0 Å². The van der Waals surface area contributed by atoms with Gasteiger partial charge >= 0.3 is 5.69 Å². The Morgan fingerprint density at radius 3 is 1.81 bits per heavy atom. The molecule has 0 unspecified atom stereocenters. The van der Waals surface area contributed by atoms with Crippen molar-refractivity contribution in [2.75, 3.05) is 35.5 Å². The van der Waals surface area contributed by atoms with Crippen LogP contribution in [-0.4, -0.2) is 44.7 Å². The van der Waals surface area contributed by atoms with Gasteiger partial charge in [0, 0.05) is 37.9 Å². The van der Waals surface area contributed by atoms with Gasteiger partial charge in [-0.3, -0.25) is 9.13 Å². The van der Waals surface area contributed by atoms with E-state index in [1.165, 1.54) is 25.9 Å². The maximum Gasteiger partial charge on any atom is 0.329 e. The van der Waals surface area contributed by atoms with Crippen molar-refractivity contribution in [3.05, 3.63) is 52.4 Å². The summed E-state index contributed by atoms with van der Waals surface area (Å²) in [5.74, 6) is 2.57. The number of ether oxygens (including phenoxy) is 5. The highest BCUT2D eigenvalue weighted by Gasteiger charge is 2.14. The summed E-state index contributed by atoms with van der Waals surface area (Å²) in [5, 5.41) is 0. The molecule has 32 heavy (non-hydrogen) atoms. The Labute approximate surface area is 186 Å². The molecule has 0 amide bonds. The second-order valence-corrected chi connectivity index (χ2v) is 6.85. The molecule has 0 saturated carbocycles. The Morgan fingerprint density at radius 1 is 0.688 bits per heavy atom. The zero-order valence-electron chi connectivity index (χ0n) is 19.3. The average molecular weight is 441 g/mol. The first kappa shape index (κ1) is 22.8. The molecule has 0 bridgehead atoms. The second kappa shape index (κ2) is 9.51. The van der Waals surface area contributed by atoms with E-state index in [9.17, 15) is 4.79 Å². The van der Waals surface area contributed by atoms with Gasteiger partial charge in [-0.1, -0.05) is 0 Å². The van der Waals surface area contributed by atoms with Gasteiger partial charge in [0.2, 0.25) is 5.75 Å². The summed E-state index contributed by atoms with van der Waals surface area (Å²) >= 11 is 0.